The molecule has 0 spiro atoms. The zero-order valence-electron chi connectivity index (χ0n) is 29.4. The molecule has 0 radical (unpaired) electrons. The molecular formula is C36H34BBrF2N10O4. The van der Waals surface area contributed by atoms with E-state index in [0.717, 1.165) is 33.4 Å². The van der Waals surface area contributed by atoms with Crippen molar-refractivity contribution < 1.29 is 28.4 Å². The number of nitrogens with two attached hydrogens (primary N) is 2. The van der Waals surface area contributed by atoms with Crippen molar-refractivity contribution in [1.82, 2.24) is 39.5 Å². The standard InChI is InChI=1S/C18H16FN5O.C13H13BrN4O.C5H5BFNO2/c1-11-6-12(2)8-13(7-11)18-22-10-24(23-18)9-15(17(20)25)14-4-3-5-21-16(14)19;1-8-3-9(2)5-10(4-8)13-16-7-18(17-13)6-11(14)12(15)19;7-5-4(6(9)10)2-1-3-8-5/h3-10H,1-2H3,(H2,20,25);3-7H,1-2H3,(H2,15,19);1-3,9-10H/b15-9+;11-6-;. The van der Waals surface area contributed by atoms with Crippen LogP contribution in [0.5, 0.6) is 0 Å². The molecule has 14 nitrogen and oxygen atoms in total. The fraction of sp³-hybridized carbons (Fsp3) is 0.111. The molecule has 54 heavy (non-hydrogen) atoms. The number of carbonyl (C=O) groups is 2. The molecule has 0 bridgehead atoms. The van der Waals surface area contributed by atoms with Crippen molar-refractivity contribution in [3.63, 3.8) is 0 Å². The third-order valence-corrected chi connectivity index (χ3v) is 7.70. The lowest BCUT2D eigenvalue weighted by Gasteiger charge is -2.04. The quantitative estimate of drug-likeness (QED) is 0.0995. The second-order valence-corrected chi connectivity index (χ2v) is 12.6. The normalized spacial score (nSPS) is 11.2. The lowest BCUT2D eigenvalue weighted by atomic mass is 9.81. The first kappa shape index (κ1) is 40.5. The minimum Gasteiger partial charge on any atom is -0.423 e. The molecular weight excluding hydrogens is 765 g/mol. The Morgan fingerprint density at radius 1 is 0.704 bits per heavy atom. The summed E-state index contributed by atoms with van der Waals surface area (Å²) >= 11 is 3.07. The molecule has 276 valence electrons. The third-order valence-electron chi connectivity index (χ3n) is 7.10. The van der Waals surface area contributed by atoms with Crippen molar-refractivity contribution >= 4 is 58.3 Å². The molecule has 4 aromatic heterocycles. The summed E-state index contributed by atoms with van der Waals surface area (Å²) in [6, 6.07) is 17.7. The highest BCUT2D eigenvalue weighted by molar-refractivity contribution is 9.12. The molecule has 18 heteroatoms. The molecule has 6 rings (SSSR count). The Morgan fingerprint density at radius 3 is 1.57 bits per heavy atom. The molecule has 6 aromatic rings. The predicted molar refractivity (Wildman–Crippen MR) is 204 cm³/mol. The second kappa shape index (κ2) is 18.5. The van der Waals surface area contributed by atoms with Gasteiger partial charge in [-0.15, -0.1) is 10.2 Å². The van der Waals surface area contributed by atoms with Crippen molar-refractivity contribution in [2.75, 3.05) is 0 Å². The zero-order chi connectivity index (χ0) is 39.5. The molecule has 0 atom stereocenters. The van der Waals surface area contributed by atoms with E-state index in [0.29, 0.717) is 11.6 Å². The largest absolute Gasteiger partial charge is 0.493 e. The number of amides is 2. The number of nitrogens with zero attached hydrogens (tertiary/aromatic N) is 8. The van der Waals surface area contributed by atoms with Crippen molar-refractivity contribution in [3.8, 4) is 22.8 Å². The van der Waals surface area contributed by atoms with Crippen LogP contribution in [0.2, 0.25) is 0 Å². The maximum Gasteiger partial charge on any atom is 0.493 e. The number of benzene rings is 2. The molecule has 0 saturated carbocycles. The lowest BCUT2D eigenvalue weighted by Crippen LogP contribution is -2.33. The molecule has 4 heterocycles. The average molecular weight is 799 g/mol. The number of hydrogen-bond acceptors (Lipinski definition) is 10. The van der Waals surface area contributed by atoms with E-state index < -0.39 is 30.8 Å². The third kappa shape index (κ3) is 11.4. The molecule has 0 aliphatic heterocycles. The van der Waals surface area contributed by atoms with Crippen molar-refractivity contribution in [3.05, 3.63) is 130 Å². The number of primary amides is 2. The van der Waals surface area contributed by atoms with Gasteiger partial charge in [0.1, 0.15) is 17.1 Å². The van der Waals surface area contributed by atoms with Crippen LogP contribution < -0.4 is 16.9 Å². The van der Waals surface area contributed by atoms with E-state index in [1.807, 2.05) is 52.0 Å². The SMILES string of the molecule is Cc1cc(C)cc(-c2ncn(/C=C(/C(N)=O)c3cccnc3F)n2)c1.Cc1cc(C)cc(-c2ncn(/C=C(\Br)C(N)=O)n2)c1.OB(O)c1cccnc1F. The fourth-order valence-electron chi connectivity index (χ4n) is 4.90. The summed E-state index contributed by atoms with van der Waals surface area (Å²) in [5, 5.41) is 25.6. The summed E-state index contributed by atoms with van der Waals surface area (Å²) in [5.41, 5.74) is 16.6. The van der Waals surface area contributed by atoms with Gasteiger partial charge >= 0.3 is 7.12 Å². The zero-order valence-corrected chi connectivity index (χ0v) is 31.0. The van der Waals surface area contributed by atoms with E-state index in [9.17, 15) is 18.4 Å². The fourth-order valence-corrected chi connectivity index (χ4v) is 5.11. The van der Waals surface area contributed by atoms with Gasteiger partial charge in [0.25, 0.3) is 11.8 Å². The maximum absolute atomic E-state index is 13.9. The van der Waals surface area contributed by atoms with Crippen LogP contribution in [0.15, 0.2) is 90.2 Å². The summed E-state index contributed by atoms with van der Waals surface area (Å²) in [7, 11) is -1.78. The van der Waals surface area contributed by atoms with E-state index in [1.54, 1.807) is 0 Å². The number of halogens is 3. The van der Waals surface area contributed by atoms with Gasteiger partial charge in [0, 0.05) is 40.7 Å². The van der Waals surface area contributed by atoms with Gasteiger partial charge in [-0.1, -0.05) is 40.5 Å². The summed E-state index contributed by atoms with van der Waals surface area (Å²) < 4.78 is 29.3. The number of aromatic nitrogens is 8. The van der Waals surface area contributed by atoms with Crippen molar-refractivity contribution in [2.24, 2.45) is 11.5 Å². The molecule has 6 N–H and O–H groups in total. The number of rotatable bonds is 8. The molecule has 2 amide bonds. The maximum atomic E-state index is 13.9. The minimum absolute atomic E-state index is 0.0125. The van der Waals surface area contributed by atoms with Crippen LogP contribution in [-0.4, -0.2) is 68.5 Å². The van der Waals surface area contributed by atoms with Gasteiger partial charge in [0.2, 0.25) is 11.9 Å². The van der Waals surface area contributed by atoms with E-state index in [1.165, 1.54) is 71.1 Å². The van der Waals surface area contributed by atoms with Crippen LogP contribution >= 0.6 is 15.9 Å². The molecule has 0 unspecified atom stereocenters. The van der Waals surface area contributed by atoms with Crippen LogP contribution in [0, 0.1) is 39.6 Å². The Labute approximate surface area is 317 Å². The Kier molecular flexibility index (Phi) is 13.9. The molecule has 0 aliphatic carbocycles. The van der Waals surface area contributed by atoms with Crippen LogP contribution in [0.1, 0.15) is 27.8 Å². The summed E-state index contributed by atoms with van der Waals surface area (Å²) in [6.45, 7) is 8.03. The number of hydrogen-bond donors (Lipinski definition) is 4. The van der Waals surface area contributed by atoms with Gasteiger partial charge < -0.3 is 21.5 Å². The van der Waals surface area contributed by atoms with Gasteiger partial charge in [-0.25, -0.2) is 29.3 Å². The summed E-state index contributed by atoms with van der Waals surface area (Å²) in [6.07, 6.45) is 8.30. The molecule has 2 aromatic carbocycles. The van der Waals surface area contributed by atoms with Crippen molar-refractivity contribution in [1.29, 1.82) is 0 Å². The molecule has 0 saturated heterocycles. The van der Waals surface area contributed by atoms with E-state index >= 15 is 0 Å². The average Bonchev–Trinajstić information content (AvgIpc) is 3.78. The number of pyridine rings is 2. The summed E-state index contributed by atoms with van der Waals surface area (Å²) in [5.74, 6) is -1.86. The highest BCUT2D eigenvalue weighted by Crippen LogP contribution is 2.21. The minimum atomic E-state index is -1.78. The van der Waals surface area contributed by atoms with Gasteiger partial charge in [0.15, 0.2) is 11.6 Å². The van der Waals surface area contributed by atoms with E-state index in [-0.39, 0.29) is 21.1 Å². The van der Waals surface area contributed by atoms with Crippen LogP contribution in [0.25, 0.3) is 40.7 Å². The smallest absolute Gasteiger partial charge is 0.423 e. The first-order valence-electron chi connectivity index (χ1n) is 15.9. The van der Waals surface area contributed by atoms with Gasteiger partial charge in [-0.2, -0.15) is 8.78 Å². The number of aryl methyl sites for hydroxylation is 4. The van der Waals surface area contributed by atoms with Crippen LogP contribution in [0.3, 0.4) is 0 Å². The van der Waals surface area contributed by atoms with Gasteiger partial charge in [-0.3, -0.25) is 9.59 Å². The lowest BCUT2D eigenvalue weighted by molar-refractivity contribution is -0.114. The second-order valence-electron chi connectivity index (χ2n) is 11.7. The molecule has 0 fully saturated rings. The highest BCUT2D eigenvalue weighted by atomic mass is 79.9. The Balaban J connectivity index is 0.000000197. The van der Waals surface area contributed by atoms with E-state index in [4.69, 9.17) is 21.5 Å². The summed E-state index contributed by atoms with van der Waals surface area (Å²) in [4.78, 5) is 37.8. The monoisotopic (exact) mass is 798 g/mol. The predicted octanol–water partition coefficient (Wildman–Crippen LogP) is 3.72. The van der Waals surface area contributed by atoms with Gasteiger partial charge in [-0.05, 0) is 86.1 Å². The van der Waals surface area contributed by atoms with Crippen LogP contribution in [-0.2, 0) is 9.59 Å². The Morgan fingerprint density at radius 2 is 1.17 bits per heavy atom. The first-order valence-corrected chi connectivity index (χ1v) is 16.7. The van der Waals surface area contributed by atoms with Gasteiger partial charge in [0.05, 0.1) is 11.8 Å². The van der Waals surface area contributed by atoms with Crippen molar-refractivity contribution in [2.45, 2.75) is 27.7 Å². The number of carbonyl (C=O) groups excluding carboxylic acids is 2. The van der Waals surface area contributed by atoms with Crippen LogP contribution in [0.4, 0.5) is 8.78 Å². The topological polar surface area (TPSA) is 214 Å². The molecule has 0 aliphatic rings. The first-order chi connectivity index (χ1) is 25.6. The Hall–Kier alpha value is -6.24. The Bertz CT molecular complexity index is 2310. The highest BCUT2D eigenvalue weighted by Gasteiger charge is 2.16. The van der Waals surface area contributed by atoms with E-state index in [2.05, 4.69) is 58.2 Å².